The van der Waals surface area contributed by atoms with Gasteiger partial charge in [0.2, 0.25) is 0 Å². The van der Waals surface area contributed by atoms with Gasteiger partial charge < -0.3 is 9.64 Å². The lowest BCUT2D eigenvalue weighted by atomic mass is 10.0. The molecule has 1 amide bonds. The summed E-state index contributed by atoms with van der Waals surface area (Å²) >= 11 is 5.57. The fourth-order valence-electron chi connectivity index (χ4n) is 1.82. The molecule has 0 aliphatic carbocycles. The molecule has 0 bridgehead atoms. The summed E-state index contributed by atoms with van der Waals surface area (Å²) in [5.74, 6) is 1.02. The van der Waals surface area contributed by atoms with Crippen molar-refractivity contribution < 1.29 is 14.3 Å². The molecule has 0 saturated heterocycles. The minimum atomic E-state index is -0.118. The Bertz CT molecular complexity index is 487. The molecule has 18 heavy (non-hydrogen) atoms. The Kier molecular flexibility index (Phi) is 3.87. The number of anilines is 1. The second-order valence-corrected chi connectivity index (χ2v) is 4.52. The van der Waals surface area contributed by atoms with Gasteiger partial charge in [0.1, 0.15) is 5.75 Å². The van der Waals surface area contributed by atoms with E-state index in [1.54, 1.807) is 25.2 Å². The maximum absolute atomic E-state index is 11.9. The van der Waals surface area contributed by atoms with E-state index in [1.165, 1.54) is 4.90 Å². The van der Waals surface area contributed by atoms with Gasteiger partial charge in [0, 0.05) is 24.9 Å². The summed E-state index contributed by atoms with van der Waals surface area (Å²) in [7, 11) is 1.68. The topological polar surface area (TPSA) is 46.6 Å². The molecule has 0 aromatic heterocycles. The minimum Gasteiger partial charge on any atom is -0.482 e. The van der Waals surface area contributed by atoms with E-state index >= 15 is 0 Å². The van der Waals surface area contributed by atoms with Gasteiger partial charge in [-0.15, -0.1) is 11.6 Å². The molecule has 0 unspecified atom stereocenters. The predicted molar refractivity (Wildman–Crippen MR) is 69.6 cm³/mol. The molecule has 5 heteroatoms. The van der Waals surface area contributed by atoms with Crippen LogP contribution in [0.2, 0.25) is 0 Å². The van der Waals surface area contributed by atoms with Gasteiger partial charge in [0.15, 0.2) is 12.4 Å². The number of hydrogen-bond acceptors (Lipinski definition) is 3. The Morgan fingerprint density at radius 3 is 3.00 bits per heavy atom. The first-order valence-corrected chi connectivity index (χ1v) is 6.29. The Morgan fingerprint density at radius 2 is 2.28 bits per heavy atom. The molecule has 2 rings (SSSR count). The number of rotatable bonds is 4. The lowest BCUT2D eigenvalue weighted by Gasteiger charge is -2.26. The molecule has 0 radical (unpaired) electrons. The molecule has 0 fully saturated rings. The van der Waals surface area contributed by atoms with Gasteiger partial charge in [-0.3, -0.25) is 9.59 Å². The van der Waals surface area contributed by atoms with Crippen molar-refractivity contribution in [2.45, 2.75) is 12.8 Å². The average Bonchev–Trinajstić information content (AvgIpc) is 2.40. The van der Waals surface area contributed by atoms with Crippen LogP contribution < -0.4 is 9.64 Å². The Labute approximate surface area is 110 Å². The first-order valence-electron chi connectivity index (χ1n) is 5.76. The fraction of sp³-hybridized carbons (Fsp3) is 0.385. The summed E-state index contributed by atoms with van der Waals surface area (Å²) in [6, 6.07) is 5.15. The number of fused-ring (bicyclic) bond motifs is 1. The molecule has 96 valence electrons. The zero-order chi connectivity index (χ0) is 13.1. The van der Waals surface area contributed by atoms with E-state index < -0.39 is 0 Å². The average molecular weight is 268 g/mol. The Balaban J connectivity index is 2.26. The van der Waals surface area contributed by atoms with Crippen LogP contribution in [0.25, 0.3) is 0 Å². The van der Waals surface area contributed by atoms with Crippen LogP contribution in [0.1, 0.15) is 23.2 Å². The zero-order valence-electron chi connectivity index (χ0n) is 10.1. The number of alkyl halides is 1. The van der Waals surface area contributed by atoms with Crippen LogP contribution in [0.3, 0.4) is 0 Å². The van der Waals surface area contributed by atoms with Gasteiger partial charge >= 0.3 is 0 Å². The van der Waals surface area contributed by atoms with Crippen molar-refractivity contribution in [2.75, 3.05) is 24.4 Å². The third-order valence-corrected chi connectivity index (χ3v) is 3.17. The minimum absolute atomic E-state index is 0.0323. The van der Waals surface area contributed by atoms with Crippen molar-refractivity contribution in [1.29, 1.82) is 0 Å². The summed E-state index contributed by atoms with van der Waals surface area (Å²) in [5.41, 5.74) is 1.23. The van der Waals surface area contributed by atoms with Crippen molar-refractivity contribution in [3.05, 3.63) is 23.8 Å². The number of benzene rings is 1. The molecule has 4 nitrogen and oxygen atoms in total. The second-order valence-electron chi connectivity index (χ2n) is 4.14. The smallest absolute Gasteiger partial charge is 0.264 e. The van der Waals surface area contributed by atoms with Gasteiger partial charge in [-0.2, -0.15) is 0 Å². The maximum Gasteiger partial charge on any atom is 0.264 e. The van der Waals surface area contributed by atoms with E-state index in [2.05, 4.69) is 0 Å². The van der Waals surface area contributed by atoms with Crippen LogP contribution in [0, 0.1) is 0 Å². The Morgan fingerprint density at radius 1 is 1.50 bits per heavy atom. The first kappa shape index (κ1) is 12.9. The summed E-state index contributed by atoms with van der Waals surface area (Å²) < 4.78 is 5.30. The van der Waals surface area contributed by atoms with Gasteiger partial charge in [0.25, 0.3) is 5.91 Å². The molecule has 0 atom stereocenters. The number of amides is 1. The van der Waals surface area contributed by atoms with Crippen molar-refractivity contribution in [3.63, 3.8) is 0 Å². The number of halogens is 1. The number of Topliss-reactive ketones (excluding diaryl/α,β-unsaturated/α-hetero) is 1. The van der Waals surface area contributed by atoms with E-state index in [9.17, 15) is 9.59 Å². The van der Waals surface area contributed by atoms with Crippen LogP contribution in [-0.4, -0.2) is 31.2 Å². The molecule has 1 aliphatic heterocycles. The van der Waals surface area contributed by atoms with Crippen LogP contribution in [0.15, 0.2) is 18.2 Å². The number of hydrogen-bond donors (Lipinski definition) is 0. The van der Waals surface area contributed by atoms with Gasteiger partial charge in [-0.25, -0.2) is 0 Å². The summed E-state index contributed by atoms with van der Waals surface area (Å²) in [5, 5.41) is 0. The number of carbonyl (C=O) groups excluding carboxylic acids is 2. The van der Waals surface area contributed by atoms with E-state index in [0.717, 1.165) is 0 Å². The maximum atomic E-state index is 11.9. The highest BCUT2D eigenvalue weighted by Crippen LogP contribution is 2.32. The number of likely N-dealkylation sites (N-methyl/N-ethyl adjacent to an activating group) is 1. The molecule has 1 aromatic carbocycles. The molecule has 1 heterocycles. The van der Waals surface area contributed by atoms with Crippen molar-refractivity contribution in [3.8, 4) is 5.75 Å². The molecular weight excluding hydrogens is 254 g/mol. The van der Waals surface area contributed by atoms with Gasteiger partial charge in [0.05, 0.1) is 5.69 Å². The largest absolute Gasteiger partial charge is 0.482 e. The number of carbonyl (C=O) groups is 2. The lowest BCUT2D eigenvalue weighted by Crippen LogP contribution is -2.35. The van der Waals surface area contributed by atoms with Crippen molar-refractivity contribution >= 4 is 29.0 Å². The van der Waals surface area contributed by atoms with E-state index in [-0.39, 0.29) is 18.3 Å². The number of nitrogens with zero attached hydrogens (tertiary/aromatic N) is 1. The third kappa shape index (κ3) is 2.48. The van der Waals surface area contributed by atoms with Crippen molar-refractivity contribution in [2.24, 2.45) is 0 Å². The van der Waals surface area contributed by atoms with Crippen molar-refractivity contribution in [1.82, 2.24) is 0 Å². The third-order valence-electron chi connectivity index (χ3n) is 2.90. The molecular formula is C13H14ClNO3. The fourth-order valence-corrected chi connectivity index (χ4v) is 1.95. The summed E-state index contributed by atoms with van der Waals surface area (Å²) in [6.07, 6.45) is 1.07. The highest BCUT2D eigenvalue weighted by Gasteiger charge is 2.23. The van der Waals surface area contributed by atoms with Gasteiger partial charge in [-0.1, -0.05) is 0 Å². The molecule has 1 aromatic rings. The first-order chi connectivity index (χ1) is 8.63. The normalized spacial score (nSPS) is 14.1. The summed E-state index contributed by atoms with van der Waals surface area (Å²) in [6.45, 7) is 0.0447. The van der Waals surface area contributed by atoms with Crippen LogP contribution in [-0.2, 0) is 4.79 Å². The molecule has 1 aliphatic rings. The SMILES string of the molecule is CN1C(=O)COc2ccc(C(=O)CCCCl)cc21. The summed E-state index contributed by atoms with van der Waals surface area (Å²) in [4.78, 5) is 24.9. The predicted octanol–water partition coefficient (Wildman–Crippen LogP) is 2.24. The molecule has 0 spiro atoms. The number of ketones is 1. The van der Waals surface area contributed by atoms with Crippen LogP contribution in [0.4, 0.5) is 5.69 Å². The van der Waals surface area contributed by atoms with Crippen LogP contribution in [0.5, 0.6) is 5.75 Å². The van der Waals surface area contributed by atoms with E-state index in [1.807, 2.05) is 0 Å². The lowest BCUT2D eigenvalue weighted by molar-refractivity contribution is -0.120. The molecule has 0 N–H and O–H groups in total. The highest BCUT2D eigenvalue weighted by molar-refractivity contribution is 6.18. The van der Waals surface area contributed by atoms with Gasteiger partial charge in [-0.05, 0) is 24.6 Å². The quantitative estimate of drug-likeness (QED) is 0.621. The second kappa shape index (κ2) is 5.40. The zero-order valence-corrected chi connectivity index (χ0v) is 10.9. The highest BCUT2D eigenvalue weighted by atomic mass is 35.5. The standard InChI is InChI=1S/C13H14ClNO3/c1-15-10-7-9(11(16)3-2-6-14)4-5-12(10)18-8-13(15)17/h4-5,7H,2-3,6,8H2,1H3. The van der Waals surface area contributed by atoms with E-state index in [4.69, 9.17) is 16.3 Å². The Hall–Kier alpha value is -1.55. The van der Waals surface area contributed by atoms with Crippen LogP contribution >= 0.6 is 11.6 Å². The monoisotopic (exact) mass is 267 g/mol. The van der Waals surface area contributed by atoms with E-state index in [0.29, 0.717) is 35.7 Å². The molecule has 0 saturated carbocycles. The number of ether oxygens (including phenoxy) is 1.